The van der Waals surface area contributed by atoms with Gasteiger partial charge in [0.25, 0.3) is 0 Å². The highest BCUT2D eigenvalue weighted by atomic mass is 16.7. The highest BCUT2D eigenvalue weighted by molar-refractivity contribution is 5.03. The van der Waals surface area contributed by atoms with Crippen molar-refractivity contribution < 1.29 is 44.8 Å². The predicted molar refractivity (Wildman–Crippen MR) is 114 cm³/mol. The van der Waals surface area contributed by atoms with Crippen molar-refractivity contribution in [1.29, 1.82) is 0 Å². The van der Waals surface area contributed by atoms with Crippen LogP contribution in [0.15, 0.2) is 0 Å². The van der Waals surface area contributed by atoms with E-state index in [0.717, 1.165) is 0 Å². The molecule has 32 heavy (non-hydrogen) atoms. The molecule has 3 rings (SSSR count). The molecule has 0 radical (unpaired) electrons. The van der Waals surface area contributed by atoms with E-state index in [1.807, 2.05) is 6.92 Å². The first-order valence-electron chi connectivity index (χ1n) is 11.9. The van der Waals surface area contributed by atoms with Crippen LogP contribution >= 0.6 is 0 Å². The summed E-state index contributed by atoms with van der Waals surface area (Å²) in [7, 11) is 0. The maximum absolute atomic E-state index is 11.2. The largest absolute Gasteiger partial charge is 0.393 e. The molecule has 0 amide bonds. The van der Waals surface area contributed by atoms with E-state index in [4.69, 9.17) is 14.2 Å². The molecule has 9 nitrogen and oxygen atoms in total. The second kappa shape index (κ2) is 10.1. The minimum atomic E-state index is -1.28. The zero-order chi connectivity index (χ0) is 23.8. The molecule has 0 spiro atoms. The second-order valence-corrected chi connectivity index (χ2v) is 10.6. The van der Waals surface area contributed by atoms with Crippen molar-refractivity contribution in [2.75, 3.05) is 19.8 Å². The van der Waals surface area contributed by atoms with Gasteiger partial charge in [0.1, 0.15) is 24.4 Å². The van der Waals surface area contributed by atoms with Gasteiger partial charge >= 0.3 is 0 Å². The minimum absolute atomic E-state index is 0.0170. The standard InChI is InChI=1S/C23H42O9/c1-5-30-21-19(27)18(26)20(32-21)16(25)10-31-17-9-15-14(12(17)2)8-13(23(4,29)11-24)6-7-22(15,3)28/h12-21,24-29H,5-11H2,1-4H3/t12-,13-,14+,15-,16-,17-,18-,19-,20-,21-,22-,23+/m1/s1. The van der Waals surface area contributed by atoms with Crippen molar-refractivity contribution >= 4 is 0 Å². The Morgan fingerprint density at radius 2 is 1.88 bits per heavy atom. The maximum atomic E-state index is 11.2. The van der Waals surface area contributed by atoms with Gasteiger partial charge in [-0.2, -0.15) is 0 Å². The zero-order valence-corrected chi connectivity index (χ0v) is 19.6. The van der Waals surface area contributed by atoms with E-state index >= 15 is 0 Å². The van der Waals surface area contributed by atoms with Crippen molar-refractivity contribution in [3.8, 4) is 0 Å². The van der Waals surface area contributed by atoms with Gasteiger partial charge in [0.2, 0.25) is 0 Å². The molecule has 3 aliphatic rings. The molecule has 6 N–H and O–H groups in total. The number of aliphatic hydroxyl groups is 6. The van der Waals surface area contributed by atoms with E-state index in [0.29, 0.717) is 32.3 Å². The molecule has 3 fully saturated rings. The summed E-state index contributed by atoms with van der Waals surface area (Å²) in [5.74, 6) is 0.0384. The van der Waals surface area contributed by atoms with E-state index < -0.39 is 41.9 Å². The highest BCUT2D eigenvalue weighted by Gasteiger charge is 2.53. The lowest BCUT2D eigenvalue weighted by Crippen LogP contribution is -2.42. The summed E-state index contributed by atoms with van der Waals surface area (Å²) in [6.45, 7) is 7.19. The smallest absolute Gasteiger partial charge is 0.186 e. The number of hydrogen-bond acceptors (Lipinski definition) is 9. The van der Waals surface area contributed by atoms with Crippen LogP contribution in [0, 0.1) is 23.7 Å². The van der Waals surface area contributed by atoms with Crippen molar-refractivity contribution in [2.45, 2.75) is 101 Å². The average molecular weight is 463 g/mol. The van der Waals surface area contributed by atoms with Crippen LogP contribution < -0.4 is 0 Å². The Hall–Kier alpha value is -0.360. The molecule has 1 saturated heterocycles. The third-order valence-corrected chi connectivity index (χ3v) is 8.27. The maximum Gasteiger partial charge on any atom is 0.186 e. The SMILES string of the molecule is CCO[C@@H]1O[C@H]([C@H](O)CO[C@@H]2C[C@@H]3[C@@H](C[C@H]([C@@](C)(O)CO)CC[C@@]3(C)O)[C@H]2C)[C@H](O)[C@H]1O. The van der Waals surface area contributed by atoms with Crippen molar-refractivity contribution in [3.05, 3.63) is 0 Å². The Morgan fingerprint density at radius 1 is 1.19 bits per heavy atom. The molecule has 0 aromatic carbocycles. The summed E-state index contributed by atoms with van der Waals surface area (Å²) in [5.41, 5.74) is -2.11. The fourth-order valence-corrected chi connectivity index (χ4v) is 6.00. The first-order valence-corrected chi connectivity index (χ1v) is 11.9. The van der Waals surface area contributed by atoms with E-state index in [9.17, 15) is 30.6 Å². The lowest BCUT2D eigenvalue weighted by Gasteiger charge is -2.34. The van der Waals surface area contributed by atoms with Crippen LogP contribution in [0.1, 0.15) is 53.4 Å². The second-order valence-electron chi connectivity index (χ2n) is 10.6. The molecule has 1 aliphatic heterocycles. The molecule has 1 heterocycles. The predicted octanol–water partition coefficient (Wildman–Crippen LogP) is -0.218. The third kappa shape index (κ3) is 5.16. The number of rotatable bonds is 8. The fourth-order valence-electron chi connectivity index (χ4n) is 6.00. The monoisotopic (exact) mass is 462 g/mol. The normalized spacial score (nSPS) is 47.6. The highest BCUT2D eigenvalue weighted by Crippen LogP contribution is 2.52. The molecule has 188 valence electrons. The lowest BCUT2D eigenvalue weighted by atomic mass is 9.76. The summed E-state index contributed by atoms with van der Waals surface area (Å²) in [5, 5.41) is 62.3. The molecule has 0 aromatic heterocycles. The van der Waals surface area contributed by atoms with Crippen LogP contribution in [-0.2, 0) is 14.2 Å². The molecule has 2 aliphatic carbocycles. The summed E-state index contributed by atoms with van der Waals surface area (Å²) < 4.78 is 16.8. The Morgan fingerprint density at radius 3 is 2.50 bits per heavy atom. The van der Waals surface area contributed by atoms with Gasteiger partial charge < -0.3 is 44.8 Å². The number of hydrogen-bond donors (Lipinski definition) is 6. The van der Waals surface area contributed by atoms with Gasteiger partial charge in [-0.05, 0) is 70.1 Å². The molecule has 2 saturated carbocycles. The van der Waals surface area contributed by atoms with Gasteiger partial charge in [-0.15, -0.1) is 0 Å². The Kier molecular flexibility index (Phi) is 8.28. The molecule has 0 unspecified atom stereocenters. The van der Waals surface area contributed by atoms with Crippen LogP contribution in [0.3, 0.4) is 0 Å². The minimum Gasteiger partial charge on any atom is -0.393 e. The van der Waals surface area contributed by atoms with E-state index in [1.54, 1.807) is 13.8 Å². The topological polar surface area (TPSA) is 149 Å². The van der Waals surface area contributed by atoms with Crippen molar-refractivity contribution in [2.24, 2.45) is 23.7 Å². The molecular weight excluding hydrogens is 420 g/mol. The Balaban J connectivity index is 1.63. The summed E-state index contributed by atoms with van der Waals surface area (Å²) in [4.78, 5) is 0. The molecular formula is C23H42O9. The summed E-state index contributed by atoms with van der Waals surface area (Å²) in [6, 6.07) is 0. The zero-order valence-electron chi connectivity index (χ0n) is 19.6. The van der Waals surface area contributed by atoms with Gasteiger partial charge in [-0.1, -0.05) is 6.92 Å². The van der Waals surface area contributed by atoms with Crippen LogP contribution in [0.25, 0.3) is 0 Å². The van der Waals surface area contributed by atoms with E-state index in [2.05, 4.69) is 6.92 Å². The third-order valence-electron chi connectivity index (χ3n) is 8.27. The summed E-state index contributed by atoms with van der Waals surface area (Å²) in [6.07, 6.45) is -3.39. The van der Waals surface area contributed by atoms with Crippen LogP contribution in [0.2, 0.25) is 0 Å². The fraction of sp³-hybridized carbons (Fsp3) is 1.00. The number of fused-ring (bicyclic) bond motifs is 1. The van der Waals surface area contributed by atoms with E-state index in [-0.39, 0.29) is 43.0 Å². The van der Waals surface area contributed by atoms with Gasteiger partial charge in [-0.25, -0.2) is 0 Å². The van der Waals surface area contributed by atoms with Crippen LogP contribution in [0.4, 0.5) is 0 Å². The van der Waals surface area contributed by atoms with Crippen LogP contribution in [-0.4, -0.2) is 98.5 Å². The summed E-state index contributed by atoms with van der Waals surface area (Å²) >= 11 is 0. The van der Waals surface area contributed by atoms with Gasteiger partial charge in [0.05, 0.1) is 30.5 Å². The lowest BCUT2D eigenvalue weighted by molar-refractivity contribution is -0.182. The Bertz CT molecular complexity index is 612. The van der Waals surface area contributed by atoms with Gasteiger partial charge in [0, 0.05) is 6.61 Å². The average Bonchev–Trinajstić information content (AvgIpc) is 3.15. The van der Waals surface area contributed by atoms with Gasteiger partial charge in [0.15, 0.2) is 6.29 Å². The van der Waals surface area contributed by atoms with E-state index in [1.165, 1.54) is 0 Å². The first kappa shape index (κ1) is 26.2. The first-order chi connectivity index (χ1) is 14.9. The molecule has 0 bridgehead atoms. The van der Waals surface area contributed by atoms with Crippen LogP contribution in [0.5, 0.6) is 0 Å². The molecule has 0 aromatic rings. The molecule has 12 atom stereocenters. The Labute approximate surface area is 190 Å². The van der Waals surface area contributed by atoms with Crippen molar-refractivity contribution in [1.82, 2.24) is 0 Å². The molecule has 9 heteroatoms. The van der Waals surface area contributed by atoms with Crippen molar-refractivity contribution in [3.63, 3.8) is 0 Å². The number of aliphatic hydroxyl groups excluding tert-OH is 4. The quantitative estimate of drug-likeness (QED) is 0.288. The van der Waals surface area contributed by atoms with Gasteiger partial charge in [-0.3, -0.25) is 0 Å². The number of ether oxygens (including phenoxy) is 3.